The molecule has 0 unspecified atom stereocenters. The summed E-state index contributed by atoms with van der Waals surface area (Å²) in [6, 6.07) is 3.11. The molecule has 0 atom stereocenters. The highest BCUT2D eigenvalue weighted by Gasteiger charge is 2.16. The lowest BCUT2D eigenvalue weighted by atomic mass is 10.3. The van der Waals surface area contributed by atoms with E-state index in [9.17, 15) is 8.42 Å². The third-order valence-corrected chi connectivity index (χ3v) is 4.15. The zero-order valence-corrected chi connectivity index (χ0v) is 10.5. The molecule has 0 spiro atoms. The van der Waals surface area contributed by atoms with Crippen molar-refractivity contribution in [1.82, 2.24) is 15.0 Å². The Kier molecular flexibility index (Phi) is 3.60. The van der Waals surface area contributed by atoms with Crippen molar-refractivity contribution in [2.75, 3.05) is 38.1 Å². The van der Waals surface area contributed by atoms with Crippen molar-refractivity contribution in [3.63, 3.8) is 0 Å². The fourth-order valence-corrected chi connectivity index (χ4v) is 2.49. The minimum absolute atomic E-state index is 0.253. The van der Waals surface area contributed by atoms with E-state index in [1.165, 1.54) is 19.3 Å². The topological polar surface area (TPSA) is 74.3 Å². The van der Waals surface area contributed by atoms with E-state index in [4.69, 9.17) is 0 Å². The second-order valence-electron chi connectivity index (χ2n) is 3.79. The van der Waals surface area contributed by atoms with Gasteiger partial charge >= 0.3 is 0 Å². The number of rotatable bonds is 3. The van der Waals surface area contributed by atoms with Crippen molar-refractivity contribution >= 4 is 15.8 Å². The first-order valence-electron chi connectivity index (χ1n) is 5.49. The molecule has 0 aromatic carbocycles. The van der Waals surface area contributed by atoms with Gasteiger partial charge in [0.2, 0.25) is 10.0 Å². The molecule has 1 aliphatic rings. The van der Waals surface area contributed by atoms with E-state index in [2.05, 4.69) is 19.9 Å². The van der Waals surface area contributed by atoms with Crippen molar-refractivity contribution in [3.8, 4) is 0 Å². The van der Waals surface area contributed by atoms with Crippen LogP contribution in [0.1, 0.15) is 0 Å². The van der Waals surface area contributed by atoms with Gasteiger partial charge in [0.05, 0.1) is 4.90 Å². The van der Waals surface area contributed by atoms with Crippen LogP contribution in [0.5, 0.6) is 0 Å². The van der Waals surface area contributed by atoms with E-state index in [0.29, 0.717) is 5.82 Å². The fourth-order valence-electron chi connectivity index (χ4n) is 1.75. The Balaban J connectivity index is 2.28. The van der Waals surface area contributed by atoms with Gasteiger partial charge in [0.25, 0.3) is 0 Å². The van der Waals surface area contributed by atoms with E-state index in [1.807, 2.05) is 0 Å². The first-order chi connectivity index (χ1) is 8.13. The molecule has 2 rings (SSSR count). The van der Waals surface area contributed by atoms with Crippen LogP contribution in [0.3, 0.4) is 0 Å². The van der Waals surface area contributed by atoms with Gasteiger partial charge in [-0.1, -0.05) is 0 Å². The Hall–Kier alpha value is -1.18. The van der Waals surface area contributed by atoms with Crippen LogP contribution < -0.4 is 14.9 Å². The molecule has 0 saturated carbocycles. The van der Waals surface area contributed by atoms with Gasteiger partial charge in [0.15, 0.2) is 0 Å². The molecule has 0 radical (unpaired) electrons. The molecule has 0 amide bonds. The molecule has 1 fully saturated rings. The SMILES string of the molecule is CNS(=O)(=O)c1ccnc(N2CCNCC2)c1. The van der Waals surface area contributed by atoms with Crippen LogP contribution in [-0.4, -0.2) is 46.6 Å². The summed E-state index contributed by atoms with van der Waals surface area (Å²) in [5.41, 5.74) is 0. The maximum atomic E-state index is 11.7. The number of nitrogens with one attached hydrogen (secondary N) is 2. The van der Waals surface area contributed by atoms with E-state index in [1.54, 1.807) is 6.07 Å². The van der Waals surface area contributed by atoms with E-state index in [0.717, 1.165) is 26.2 Å². The fraction of sp³-hybridized carbons (Fsp3) is 0.500. The van der Waals surface area contributed by atoms with Gasteiger partial charge in [0, 0.05) is 38.4 Å². The Labute approximate surface area is 101 Å². The number of hydrogen-bond donors (Lipinski definition) is 2. The predicted octanol–water partition coefficient (Wildman–Crippen LogP) is -0.601. The molecule has 1 aromatic heterocycles. The summed E-state index contributed by atoms with van der Waals surface area (Å²) in [6.07, 6.45) is 1.53. The molecule has 2 heterocycles. The molecule has 17 heavy (non-hydrogen) atoms. The quantitative estimate of drug-likeness (QED) is 0.755. The lowest BCUT2D eigenvalue weighted by Gasteiger charge is -2.28. The van der Waals surface area contributed by atoms with Crippen LogP contribution in [0.25, 0.3) is 0 Å². The van der Waals surface area contributed by atoms with Gasteiger partial charge < -0.3 is 10.2 Å². The normalized spacial score (nSPS) is 17.1. The molecule has 0 aliphatic carbocycles. The summed E-state index contributed by atoms with van der Waals surface area (Å²) in [5, 5.41) is 3.24. The number of hydrogen-bond acceptors (Lipinski definition) is 5. The molecule has 6 nitrogen and oxygen atoms in total. The maximum Gasteiger partial charge on any atom is 0.240 e. The zero-order valence-electron chi connectivity index (χ0n) is 9.68. The summed E-state index contributed by atoms with van der Waals surface area (Å²) >= 11 is 0. The van der Waals surface area contributed by atoms with Crippen LogP contribution in [0, 0.1) is 0 Å². The van der Waals surface area contributed by atoms with Crippen molar-refractivity contribution in [1.29, 1.82) is 0 Å². The summed E-state index contributed by atoms with van der Waals surface area (Å²) in [5.74, 6) is 0.711. The van der Waals surface area contributed by atoms with Crippen molar-refractivity contribution in [2.45, 2.75) is 4.90 Å². The molecule has 0 bridgehead atoms. The van der Waals surface area contributed by atoms with Gasteiger partial charge in [-0.15, -0.1) is 0 Å². The van der Waals surface area contributed by atoms with Crippen molar-refractivity contribution in [2.24, 2.45) is 0 Å². The summed E-state index contributed by atoms with van der Waals surface area (Å²) in [7, 11) is -1.99. The minimum Gasteiger partial charge on any atom is -0.354 e. The summed E-state index contributed by atoms with van der Waals surface area (Å²) in [6.45, 7) is 3.47. The number of pyridine rings is 1. The third kappa shape index (κ3) is 2.74. The number of sulfonamides is 1. The maximum absolute atomic E-state index is 11.7. The van der Waals surface area contributed by atoms with E-state index >= 15 is 0 Å². The standard InChI is InChI=1S/C10H16N4O2S/c1-11-17(15,16)9-2-3-13-10(8-9)14-6-4-12-5-7-14/h2-3,8,11-12H,4-7H2,1H3. The lowest BCUT2D eigenvalue weighted by Crippen LogP contribution is -2.43. The number of aromatic nitrogens is 1. The van der Waals surface area contributed by atoms with Crippen LogP contribution in [0.4, 0.5) is 5.82 Å². The van der Waals surface area contributed by atoms with Gasteiger partial charge in [-0.2, -0.15) is 0 Å². The average Bonchev–Trinajstić information content (AvgIpc) is 2.40. The average molecular weight is 256 g/mol. The van der Waals surface area contributed by atoms with Crippen LogP contribution in [0.15, 0.2) is 23.2 Å². The minimum atomic E-state index is -3.39. The van der Waals surface area contributed by atoms with Crippen LogP contribution >= 0.6 is 0 Å². The van der Waals surface area contributed by atoms with E-state index < -0.39 is 10.0 Å². The first-order valence-corrected chi connectivity index (χ1v) is 6.97. The third-order valence-electron chi connectivity index (χ3n) is 2.74. The van der Waals surface area contributed by atoms with Gasteiger partial charge in [-0.3, -0.25) is 0 Å². The highest BCUT2D eigenvalue weighted by atomic mass is 32.2. The molecule has 1 aromatic rings. The van der Waals surface area contributed by atoms with Crippen LogP contribution in [0.2, 0.25) is 0 Å². The van der Waals surface area contributed by atoms with Gasteiger partial charge in [0.1, 0.15) is 5.82 Å². The molecule has 94 valence electrons. The van der Waals surface area contributed by atoms with Gasteiger partial charge in [-0.05, 0) is 13.1 Å². The second kappa shape index (κ2) is 4.99. The number of nitrogens with zero attached hydrogens (tertiary/aromatic N) is 2. The second-order valence-corrected chi connectivity index (χ2v) is 5.68. The smallest absolute Gasteiger partial charge is 0.240 e. The Morgan fingerprint density at radius 2 is 2.12 bits per heavy atom. The van der Waals surface area contributed by atoms with Gasteiger partial charge in [-0.25, -0.2) is 18.1 Å². The highest BCUT2D eigenvalue weighted by Crippen LogP contribution is 2.16. The number of piperazine rings is 1. The molecule has 2 N–H and O–H groups in total. The van der Waals surface area contributed by atoms with Crippen molar-refractivity contribution < 1.29 is 8.42 Å². The Morgan fingerprint density at radius 1 is 1.41 bits per heavy atom. The van der Waals surface area contributed by atoms with Crippen molar-refractivity contribution in [3.05, 3.63) is 18.3 Å². The largest absolute Gasteiger partial charge is 0.354 e. The Morgan fingerprint density at radius 3 is 2.76 bits per heavy atom. The molecule has 7 heteroatoms. The highest BCUT2D eigenvalue weighted by molar-refractivity contribution is 7.89. The molecular weight excluding hydrogens is 240 g/mol. The first kappa shape index (κ1) is 12.3. The lowest BCUT2D eigenvalue weighted by molar-refractivity contribution is 0.581. The Bertz CT molecular complexity index is 483. The predicted molar refractivity (Wildman–Crippen MR) is 65.6 cm³/mol. The zero-order chi connectivity index (χ0) is 12.3. The molecule has 1 aliphatic heterocycles. The molecule has 1 saturated heterocycles. The van der Waals surface area contributed by atoms with E-state index in [-0.39, 0.29) is 4.90 Å². The summed E-state index contributed by atoms with van der Waals surface area (Å²) < 4.78 is 25.6. The molecular formula is C10H16N4O2S. The summed E-state index contributed by atoms with van der Waals surface area (Å²) in [4.78, 5) is 6.54. The van der Waals surface area contributed by atoms with Crippen LogP contribution in [-0.2, 0) is 10.0 Å². The number of anilines is 1. The monoisotopic (exact) mass is 256 g/mol.